The van der Waals surface area contributed by atoms with Crippen molar-refractivity contribution in [2.24, 2.45) is 0 Å². The van der Waals surface area contributed by atoms with Crippen molar-refractivity contribution < 1.29 is 26.3 Å². The van der Waals surface area contributed by atoms with Gasteiger partial charge in [-0.05, 0) is 36.4 Å². The molecule has 3 aromatic rings. The molecule has 0 atom stereocenters. The van der Waals surface area contributed by atoms with E-state index in [0.29, 0.717) is 11.3 Å². The molecule has 1 aromatic carbocycles. The molecule has 146 valence electrons. The van der Waals surface area contributed by atoms with E-state index in [0.717, 1.165) is 12.1 Å². The van der Waals surface area contributed by atoms with E-state index in [1.807, 2.05) is 0 Å². The molecule has 0 bridgehead atoms. The molecule has 0 amide bonds. The van der Waals surface area contributed by atoms with Gasteiger partial charge in [0.1, 0.15) is 10.6 Å². The van der Waals surface area contributed by atoms with Crippen molar-refractivity contribution in [3.8, 4) is 17.0 Å². The minimum Gasteiger partial charge on any atom is -0.404 e. The lowest BCUT2D eigenvalue weighted by atomic mass is 10.2. The Morgan fingerprint density at radius 3 is 2.54 bits per heavy atom. The second-order valence-electron chi connectivity index (χ2n) is 5.42. The van der Waals surface area contributed by atoms with Gasteiger partial charge in [-0.25, -0.2) is 8.42 Å². The van der Waals surface area contributed by atoms with Crippen LogP contribution in [0.25, 0.3) is 11.3 Å². The summed E-state index contributed by atoms with van der Waals surface area (Å²) in [5, 5.41) is 0. The largest absolute Gasteiger partial charge is 0.573 e. The minimum absolute atomic E-state index is 0.0566. The summed E-state index contributed by atoms with van der Waals surface area (Å²) in [6.45, 7) is 0. The Balaban J connectivity index is 1.96. The van der Waals surface area contributed by atoms with Crippen LogP contribution in [0.3, 0.4) is 0 Å². The molecule has 11 heteroatoms. The normalized spacial score (nSPS) is 11.9. The molecule has 0 aliphatic rings. The van der Waals surface area contributed by atoms with Crippen LogP contribution >= 0.6 is 15.9 Å². The van der Waals surface area contributed by atoms with Crippen LogP contribution in [0.15, 0.2) is 70.4 Å². The molecule has 2 heterocycles. The number of halogens is 4. The summed E-state index contributed by atoms with van der Waals surface area (Å²) in [5.74, 6) is -0.850. The number of ether oxygens (including phenoxy) is 1. The van der Waals surface area contributed by atoms with Gasteiger partial charge in [-0.2, -0.15) is 0 Å². The first-order valence-corrected chi connectivity index (χ1v) is 9.86. The lowest BCUT2D eigenvalue weighted by molar-refractivity contribution is -0.275. The maximum atomic E-state index is 12.7. The number of alkyl halides is 3. The Kier molecular flexibility index (Phi) is 5.57. The van der Waals surface area contributed by atoms with Gasteiger partial charge in [-0.1, -0.05) is 22.0 Å². The first-order chi connectivity index (χ1) is 13.1. The van der Waals surface area contributed by atoms with E-state index in [2.05, 4.69) is 35.4 Å². The highest BCUT2D eigenvalue weighted by Crippen LogP contribution is 2.33. The smallest absolute Gasteiger partial charge is 0.404 e. The molecule has 6 nitrogen and oxygen atoms in total. The Bertz CT molecular complexity index is 1090. The van der Waals surface area contributed by atoms with Crippen molar-refractivity contribution in [2.45, 2.75) is 11.3 Å². The molecule has 0 aliphatic carbocycles. The van der Waals surface area contributed by atoms with Crippen LogP contribution in [0.1, 0.15) is 0 Å². The molecule has 0 radical (unpaired) electrons. The van der Waals surface area contributed by atoms with Crippen molar-refractivity contribution in [1.82, 2.24) is 9.97 Å². The number of anilines is 1. The van der Waals surface area contributed by atoms with E-state index in [4.69, 9.17) is 0 Å². The van der Waals surface area contributed by atoms with Crippen LogP contribution in [0.5, 0.6) is 5.75 Å². The summed E-state index contributed by atoms with van der Waals surface area (Å²) in [5.41, 5.74) is 1.14. The van der Waals surface area contributed by atoms with Gasteiger partial charge >= 0.3 is 6.36 Å². The van der Waals surface area contributed by atoms with Gasteiger partial charge in [0.2, 0.25) is 0 Å². The number of rotatable bonds is 5. The van der Waals surface area contributed by atoms with Gasteiger partial charge in [0.25, 0.3) is 10.0 Å². The van der Waals surface area contributed by atoms with Crippen molar-refractivity contribution in [2.75, 3.05) is 4.72 Å². The molecule has 0 aliphatic heterocycles. The highest BCUT2D eigenvalue weighted by Gasteiger charge is 2.34. The highest BCUT2D eigenvalue weighted by atomic mass is 79.9. The molecular weight excluding hydrogens is 463 g/mol. The number of pyridine rings is 2. The summed E-state index contributed by atoms with van der Waals surface area (Å²) in [6.07, 6.45) is -0.767. The fraction of sp³-hybridized carbons (Fsp3) is 0.0588. The molecule has 0 saturated carbocycles. The van der Waals surface area contributed by atoms with Gasteiger partial charge in [0.15, 0.2) is 0 Å². The standard InChI is InChI=1S/C17H11BrF3N3O3S/c18-12-4-5-15(27-17(19,20)21)16(8-12)28(25,26)24-13-7-11(9-22-10-13)14-3-1-2-6-23-14/h1-10,24H. The van der Waals surface area contributed by atoms with E-state index in [9.17, 15) is 21.6 Å². The first-order valence-electron chi connectivity index (χ1n) is 7.59. The average molecular weight is 474 g/mol. The third kappa shape index (κ3) is 4.98. The maximum absolute atomic E-state index is 12.7. The van der Waals surface area contributed by atoms with Crippen molar-refractivity contribution in [1.29, 1.82) is 0 Å². The molecular formula is C17H11BrF3N3O3S. The predicted molar refractivity (Wildman–Crippen MR) is 99.1 cm³/mol. The second-order valence-corrected chi connectivity index (χ2v) is 7.99. The Hall–Kier alpha value is -2.66. The maximum Gasteiger partial charge on any atom is 0.573 e. The van der Waals surface area contributed by atoms with Gasteiger partial charge in [0.05, 0.1) is 17.6 Å². The summed E-state index contributed by atoms with van der Waals surface area (Å²) < 4.78 is 69.5. The van der Waals surface area contributed by atoms with Gasteiger partial charge in [-0.15, -0.1) is 13.2 Å². The van der Waals surface area contributed by atoms with E-state index >= 15 is 0 Å². The summed E-state index contributed by atoms with van der Waals surface area (Å²) in [7, 11) is -4.40. The van der Waals surface area contributed by atoms with Crippen LogP contribution in [0.2, 0.25) is 0 Å². The lowest BCUT2D eigenvalue weighted by Crippen LogP contribution is -2.21. The Labute approximate surface area is 166 Å². The van der Waals surface area contributed by atoms with E-state index in [1.54, 1.807) is 24.4 Å². The first kappa shape index (κ1) is 20.1. The molecule has 0 unspecified atom stereocenters. The van der Waals surface area contributed by atoms with Crippen LogP contribution in [0, 0.1) is 0 Å². The minimum atomic E-state index is -5.04. The molecule has 2 aromatic heterocycles. The number of benzene rings is 1. The zero-order chi connectivity index (χ0) is 20.4. The number of aromatic nitrogens is 2. The molecule has 0 fully saturated rings. The lowest BCUT2D eigenvalue weighted by Gasteiger charge is -2.15. The number of nitrogens with one attached hydrogen (secondary N) is 1. The van der Waals surface area contributed by atoms with Gasteiger partial charge < -0.3 is 4.74 Å². The number of hydrogen-bond donors (Lipinski definition) is 1. The molecule has 0 saturated heterocycles. The fourth-order valence-electron chi connectivity index (χ4n) is 2.28. The number of nitrogens with zero attached hydrogens (tertiary/aromatic N) is 2. The van der Waals surface area contributed by atoms with Gasteiger partial charge in [0, 0.05) is 22.4 Å². The number of hydrogen-bond acceptors (Lipinski definition) is 5. The Morgan fingerprint density at radius 2 is 1.86 bits per heavy atom. The monoisotopic (exact) mass is 473 g/mol. The molecule has 0 spiro atoms. The topological polar surface area (TPSA) is 81.2 Å². The van der Waals surface area contributed by atoms with E-state index < -0.39 is 27.0 Å². The van der Waals surface area contributed by atoms with Crippen LogP contribution in [-0.2, 0) is 10.0 Å². The average Bonchev–Trinajstić information content (AvgIpc) is 2.63. The third-order valence-corrected chi connectivity index (χ3v) is 5.27. The third-order valence-electron chi connectivity index (χ3n) is 3.37. The zero-order valence-electron chi connectivity index (χ0n) is 13.8. The van der Waals surface area contributed by atoms with Crippen LogP contribution < -0.4 is 9.46 Å². The predicted octanol–water partition coefficient (Wildman–Crippen LogP) is 4.61. The van der Waals surface area contributed by atoms with Crippen molar-refractivity contribution >= 4 is 31.6 Å². The zero-order valence-corrected chi connectivity index (χ0v) is 16.2. The summed E-state index contributed by atoms with van der Waals surface area (Å²) in [6, 6.07) is 9.81. The Morgan fingerprint density at radius 1 is 1.07 bits per heavy atom. The van der Waals surface area contributed by atoms with Crippen molar-refractivity contribution in [3.63, 3.8) is 0 Å². The molecule has 1 N–H and O–H groups in total. The van der Waals surface area contributed by atoms with Crippen LogP contribution in [0.4, 0.5) is 18.9 Å². The van der Waals surface area contributed by atoms with Crippen LogP contribution in [-0.4, -0.2) is 24.7 Å². The number of sulfonamides is 1. The second kappa shape index (κ2) is 7.76. The molecule has 3 rings (SSSR count). The summed E-state index contributed by atoms with van der Waals surface area (Å²) in [4.78, 5) is 7.41. The van der Waals surface area contributed by atoms with E-state index in [1.165, 1.54) is 24.5 Å². The SMILES string of the molecule is O=S(=O)(Nc1cncc(-c2ccccn2)c1)c1cc(Br)ccc1OC(F)(F)F. The van der Waals surface area contributed by atoms with Gasteiger partial charge in [-0.3, -0.25) is 14.7 Å². The van der Waals surface area contributed by atoms with Crippen molar-refractivity contribution in [3.05, 3.63) is 65.5 Å². The summed E-state index contributed by atoms with van der Waals surface area (Å²) >= 11 is 3.05. The quantitative estimate of drug-likeness (QED) is 0.585. The fourth-order valence-corrected chi connectivity index (χ4v) is 3.98. The van der Waals surface area contributed by atoms with E-state index in [-0.39, 0.29) is 10.2 Å². The molecule has 28 heavy (non-hydrogen) atoms. The highest BCUT2D eigenvalue weighted by molar-refractivity contribution is 9.10.